The molecule has 1 amide bonds. The van der Waals surface area contributed by atoms with Crippen molar-refractivity contribution < 1.29 is 4.79 Å². The van der Waals surface area contributed by atoms with Crippen LogP contribution in [-0.2, 0) is 17.2 Å². The molecule has 4 nitrogen and oxygen atoms in total. The Morgan fingerprint density at radius 1 is 1.38 bits per heavy atom. The van der Waals surface area contributed by atoms with Crippen LogP contribution in [0.3, 0.4) is 0 Å². The van der Waals surface area contributed by atoms with Gasteiger partial charge in [0.15, 0.2) is 0 Å². The summed E-state index contributed by atoms with van der Waals surface area (Å²) in [4.78, 5) is 16.4. The summed E-state index contributed by atoms with van der Waals surface area (Å²) >= 11 is 12.2. The van der Waals surface area contributed by atoms with Crippen LogP contribution in [0.2, 0.25) is 5.02 Å². The van der Waals surface area contributed by atoms with E-state index >= 15 is 0 Å². The van der Waals surface area contributed by atoms with E-state index in [0.717, 1.165) is 16.9 Å². The maximum Gasteiger partial charge on any atom is 0.222 e. The number of fused-ring (bicyclic) bond motifs is 1. The number of aryl methyl sites for hydroxylation is 1. The number of carbonyl (C=O) groups excluding carboxylic acids is 1. The Labute approximate surface area is 134 Å². The van der Waals surface area contributed by atoms with Crippen LogP contribution in [0.5, 0.6) is 0 Å². The number of hydrogen-bond acceptors (Lipinski definition) is 2. The summed E-state index contributed by atoms with van der Waals surface area (Å²) in [5.74, 6) is 1.01. The van der Waals surface area contributed by atoms with Crippen molar-refractivity contribution >= 4 is 40.1 Å². The molecule has 0 fully saturated rings. The van der Waals surface area contributed by atoms with Crippen LogP contribution in [0.1, 0.15) is 33.0 Å². The molecule has 0 saturated heterocycles. The normalized spacial score (nSPS) is 11.9. The largest absolute Gasteiger partial charge is 0.351 e. The lowest BCUT2D eigenvalue weighted by molar-refractivity contribution is -0.122. The van der Waals surface area contributed by atoms with Crippen molar-refractivity contribution in [2.45, 2.75) is 45.2 Å². The first-order valence-corrected chi connectivity index (χ1v) is 7.73. The van der Waals surface area contributed by atoms with Gasteiger partial charge in [-0.25, -0.2) is 4.98 Å². The number of alkyl halides is 1. The summed E-state index contributed by atoms with van der Waals surface area (Å²) < 4.78 is 1.92. The molecular formula is C15H19Cl2N3O. The zero-order valence-corrected chi connectivity index (χ0v) is 13.9. The summed E-state index contributed by atoms with van der Waals surface area (Å²) in [7, 11) is 0. The second-order valence-electron chi connectivity index (χ2n) is 5.97. The van der Waals surface area contributed by atoms with Crippen molar-refractivity contribution in [1.29, 1.82) is 0 Å². The summed E-state index contributed by atoms with van der Waals surface area (Å²) in [5, 5.41) is 3.56. The van der Waals surface area contributed by atoms with Crippen LogP contribution < -0.4 is 5.32 Å². The summed E-state index contributed by atoms with van der Waals surface area (Å²) in [6, 6.07) is 5.56. The highest BCUT2D eigenvalue weighted by Crippen LogP contribution is 2.25. The first-order chi connectivity index (χ1) is 9.81. The molecule has 0 aliphatic heterocycles. The van der Waals surface area contributed by atoms with E-state index in [1.54, 1.807) is 0 Å². The molecule has 2 aromatic rings. The summed E-state index contributed by atoms with van der Waals surface area (Å²) in [5.41, 5.74) is 1.40. The molecule has 1 heterocycles. The van der Waals surface area contributed by atoms with E-state index in [0.29, 0.717) is 18.0 Å². The molecule has 1 N–H and O–H groups in total. The van der Waals surface area contributed by atoms with Gasteiger partial charge in [-0.1, -0.05) is 17.7 Å². The number of benzene rings is 1. The SMILES string of the molecule is CC(C)(C)NC(=O)CCn1c(CCl)nc2cccc(Cl)c21. The van der Waals surface area contributed by atoms with Gasteiger partial charge in [0, 0.05) is 18.5 Å². The third kappa shape index (κ3) is 3.89. The van der Waals surface area contributed by atoms with Gasteiger partial charge in [0.05, 0.1) is 21.9 Å². The Kier molecular flexibility index (Phi) is 4.79. The molecule has 1 aromatic heterocycles. The van der Waals surface area contributed by atoms with Crippen molar-refractivity contribution in [3.63, 3.8) is 0 Å². The van der Waals surface area contributed by atoms with Crippen molar-refractivity contribution in [1.82, 2.24) is 14.9 Å². The smallest absolute Gasteiger partial charge is 0.222 e. The number of hydrogen-bond donors (Lipinski definition) is 1. The molecule has 0 radical (unpaired) electrons. The van der Waals surface area contributed by atoms with Gasteiger partial charge in [0.2, 0.25) is 5.91 Å². The minimum atomic E-state index is -0.235. The molecular weight excluding hydrogens is 309 g/mol. The molecule has 114 valence electrons. The molecule has 0 spiro atoms. The van der Waals surface area contributed by atoms with Crippen LogP contribution in [0.25, 0.3) is 11.0 Å². The van der Waals surface area contributed by atoms with Gasteiger partial charge in [-0.05, 0) is 32.9 Å². The standard InChI is InChI=1S/C15H19Cl2N3O/c1-15(2,3)19-13(21)7-8-20-12(9-16)18-11-6-4-5-10(17)14(11)20/h4-6H,7-9H2,1-3H3,(H,19,21). The zero-order chi connectivity index (χ0) is 15.6. The number of carbonyl (C=O) groups is 1. The lowest BCUT2D eigenvalue weighted by atomic mass is 10.1. The monoisotopic (exact) mass is 327 g/mol. The van der Waals surface area contributed by atoms with Gasteiger partial charge in [0.25, 0.3) is 0 Å². The molecule has 0 unspecified atom stereocenters. The van der Waals surface area contributed by atoms with E-state index in [4.69, 9.17) is 23.2 Å². The maximum absolute atomic E-state index is 12.0. The first kappa shape index (κ1) is 16.1. The van der Waals surface area contributed by atoms with Crippen LogP contribution in [-0.4, -0.2) is 21.0 Å². The van der Waals surface area contributed by atoms with E-state index in [2.05, 4.69) is 10.3 Å². The van der Waals surface area contributed by atoms with Crippen LogP contribution in [0, 0.1) is 0 Å². The average Bonchev–Trinajstić information content (AvgIpc) is 2.73. The van der Waals surface area contributed by atoms with Gasteiger partial charge in [0.1, 0.15) is 5.82 Å². The Bertz CT molecular complexity index is 659. The number of nitrogens with one attached hydrogen (secondary N) is 1. The molecule has 0 bridgehead atoms. The van der Waals surface area contributed by atoms with Crippen molar-refractivity contribution in [2.75, 3.05) is 0 Å². The number of para-hydroxylation sites is 1. The topological polar surface area (TPSA) is 46.9 Å². The van der Waals surface area contributed by atoms with Crippen LogP contribution in [0.4, 0.5) is 0 Å². The van der Waals surface area contributed by atoms with Crippen molar-refractivity contribution in [3.8, 4) is 0 Å². The fraction of sp³-hybridized carbons (Fsp3) is 0.467. The van der Waals surface area contributed by atoms with Gasteiger partial charge in [-0.2, -0.15) is 0 Å². The fourth-order valence-corrected chi connectivity index (χ4v) is 2.70. The maximum atomic E-state index is 12.0. The number of rotatable bonds is 4. The van der Waals surface area contributed by atoms with Gasteiger partial charge in [-0.3, -0.25) is 4.79 Å². The molecule has 0 aliphatic rings. The third-order valence-corrected chi connectivity index (χ3v) is 3.54. The van der Waals surface area contributed by atoms with E-state index in [9.17, 15) is 4.79 Å². The molecule has 21 heavy (non-hydrogen) atoms. The zero-order valence-electron chi connectivity index (χ0n) is 12.4. The summed E-state index contributed by atoms with van der Waals surface area (Å²) in [6.45, 7) is 6.37. The van der Waals surface area contributed by atoms with E-state index < -0.39 is 0 Å². The molecule has 0 saturated carbocycles. The second-order valence-corrected chi connectivity index (χ2v) is 6.64. The number of aromatic nitrogens is 2. The fourth-order valence-electron chi connectivity index (χ4n) is 2.23. The molecule has 0 aliphatic carbocycles. The third-order valence-electron chi connectivity index (χ3n) is 2.99. The van der Waals surface area contributed by atoms with Gasteiger partial charge >= 0.3 is 0 Å². The number of amides is 1. The lowest BCUT2D eigenvalue weighted by Crippen LogP contribution is -2.40. The Morgan fingerprint density at radius 2 is 2.10 bits per heavy atom. The summed E-state index contributed by atoms with van der Waals surface area (Å²) in [6.07, 6.45) is 0.359. The predicted molar refractivity (Wildman–Crippen MR) is 86.8 cm³/mol. The molecule has 2 rings (SSSR count). The lowest BCUT2D eigenvalue weighted by Gasteiger charge is -2.20. The number of halogens is 2. The highest BCUT2D eigenvalue weighted by atomic mass is 35.5. The van der Waals surface area contributed by atoms with Crippen LogP contribution in [0.15, 0.2) is 18.2 Å². The quantitative estimate of drug-likeness (QED) is 0.869. The number of nitrogens with zero attached hydrogens (tertiary/aromatic N) is 2. The van der Waals surface area contributed by atoms with E-state index in [-0.39, 0.29) is 17.3 Å². The molecule has 6 heteroatoms. The first-order valence-electron chi connectivity index (χ1n) is 6.82. The highest BCUT2D eigenvalue weighted by molar-refractivity contribution is 6.35. The molecule has 0 atom stereocenters. The average molecular weight is 328 g/mol. The Hall–Kier alpha value is -1.26. The van der Waals surface area contributed by atoms with Crippen LogP contribution >= 0.6 is 23.2 Å². The van der Waals surface area contributed by atoms with Crippen molar-refractivity contribution in [2.24, 2.45) is 0 Å². The Morgan fingerprint density at radius 3 is 2.71 bits per heavy atom. The second kappa shape index (κ2) is 6.24. The van der Waals surface area contributed by atoms with Crippen molar-refractivity contribution in [3.05, 3.63) is 29.0 Å². The Balaban J connectivity index is 2.23. The van der Waals surface area contributed by atoms with Gasteiger partial charge < -0.3 is 9.88 Å². The minimum absolute atomic E-state index is 0.00285. The predicted octanol–water partition coefficient (Wildman–Crippen LogP) is 3.73. The van der Waals surface area contributed by atoms with E-state index in [1.807, 2.05) is 43.5 Å². The minimum Gasteiger partial charge on any atom is -0.351 e. The highest BCUT2D eigenvalue weighted by Gasteiger charge is 2.16. The van der Waals surface area contributed by atoms with Gasteiger partial charge in [-0.15, -0.1) is 11.6 Å². The van der Waals surface area contributed by atoms with E-state index in [1.165, 1.54) is 0 Å². The number of imidazole rings is 1. The molecule has 1 aromatic carbocycles.